The fourth-order valence-electron chi connectivity index (χ4n) is 4.01. The van der Waals surface area contributed by atoms with Gasteiger partial charge in [0.1, 0.15) is 14.9 Å². The van der Waals surface area contributed by atoms with Gasteiger partial charge in [0, 0.05) is 48.0 Å². The van der Waals surface area contributed by atoms with Crippen molar-refractivity contribution in [1.29, 1.82) is 0 Å². The van der Waals surface area contributed by atoms with Crippen LogP contribution in [0.15, 0.2) is 52.1 Å². The van der Waals surface area contributed by atoms with E-state index in [1.54, 1.807) is 36.4 Å². The van der Waals surface area contributed by atoms with E-state index in [2.05, 4.69) is 64.4 Å². The summed E-state index contributed by atoms with van der Waals surface area (Å²) >= 11 is 9.14. The van der Waals surface area contributed by atoms with E-state index in [0.717, 1.165) is 12.6 Å². The molecule has 246 valence electrons. The maximum Gasteiger partial charge on any atom is 0.415 e. The lowest BCUT2D eigenvalue weighted by atomic mass is 10.2. The molecule has 0 atom stereocenters. The minimum absolute atomic E-state index is 0.376. The number of nitrogens with zero attached hydrogens (tertiary/aromatic N) is 6. The van der Waals surface area contributed by atoms with E-state index in [0.29, 0.717) is 49.0 Å². The van der Waals surface area contributed by atoms with Gasteiger partial charge in [0.05, 0.1) is 43.9 Å². The Bertz CT molecular complexity index is 1610. The van der Waals surface area contributed by atoms with E-state index < -0.39 is 23.4 Å². The first kappa shape index (κ1) is 37.0. The first-order valence-electron chi connectivity index (χ1n) is 14.0. The summed E-state index contributed by atoms with van der Waals surface area (Å²) in [6.07, 6.45) is 8.23. The van der Waals surface area contributed by atoms with Crippen molar-refractivity contribution >= 4 is 89.3 Å². The molecule has 0 unspecified atom stereocenters. The predicted molar refractivity (Wildman–Crippen MR) is 189 cm³/mol. The normalized spacial score (nSPS) is 11.7. The van der Waals surface area contributed by atoms with Gasteiger partial charge in [-0.25, -0.2) is 19.6 Å². The van der Waals surface area contributed by atoms with Crippen molar-refractivity contribution < 1.29 is 28.5 Å². The minimum atomic E-state index is -0.575. The predicted octanol–water partition coefficient (Wildman–Crippen LogP) is 7.57. The standard InChI is InChI=1S/C15H19BrIN3O3.C15H20BrN3O3/c1-15(2,3)23-14(21)19(5-6-22-4)11-7-10(16)9-20-12(17)8-18-13(11)20;1-15(2,3)22-14(20)19(7-8-21-4)12-9-11(16)10-18-6-5-17-13(12)18/h7-9H,5-6H2,1-4H3;5-6,9-10H,7-8H2,1-4H3. The summed E-state index contributed by atoms with van der Waals surface area (Å²) in [6.45, 7) is 12.6. The Kier molecular flexibility index (Phi) is 13.1. The van der Waals surface area contributed by atoms with E-state index in [9.17, 15) is 9.59 Å². The van der Waals surface area contributed by atoms with Gasteiger partial charge in [-0.1, -0.05) is 0 Å². The summed E-state index contributed by atoms with van der Waals surface area (Å²) < 4.78 is 27.7. The second kappa shape index (κ2) is 15.9. The van der Waals surface area contributed by atoms with Gasteiger partial charge in [0.15, 0.2) is 11.3 Å². The molecule has 15 heteroatoms. The van der Waals surface area contributed by atoms with Crippen LogP contribution in [0.25, 0.3) is 11.3 Å². The number of carbonyl (C=O) groups excluding carboxylic acids is 2. The van der Waals surface area contributed by atoms with Crippen LogP contribution in [-0.2, 0) is 18.9 Å². The Hall–Kier alpha value is -2.47. The quantitative estimate of drug-likeness (QED) is 0.167. The van der Waals surface area contributed by atoms with Gasteiger partial charge in [0.2, 0.25) is 0 Å². The molecule has 4 heterocycles. The maximum atomic E-state index is 12.6. The zero-order chi connectivity index (χ0) is 33.5. The van der Waals surface area contributed by atoms with Crippen LogP contribution in [0, 0.1) is 3.70 Å². The van der Waals surface area contributed by atoms with E-state index in [-0.39, 0.29) is 0 Å². The second-order valence-electron chi connectivity index (χ2n) is 11.8. The number of carbonyl (C=O) groups is 2. The number of rotatable bonds is 8. The first-order chi connectivity index (χ1) is 21.0. The van der Waals surface area contributed by atoms with Crippen molar-refractivity contribution in [1.82, 2.24) is 18.8 Å². The molecule has 4 rings (SSSR count). The number of imidazole rings is 2. The highest BCUT2D eigenvalue weighted by atomic mass is 127. The highest BCUT2D eigenvalue weighted by Crippen LogP contribution is 2.29. The molecule has 12 nitrogen and oxygen atoms in total. The summed E-state index contributed by atoms with van der Waals surface area (Å²) in [6, 6.07) is 3.71. The minimum Gasteiger partial charge on any atom is -0.443 e. The van der Waals surface area contributed by atoms with Crippen LogP contribution >= 0.6 is 54.5 Å². The highest BCUT2D eigenvalue weighted by molar-refractivity contribution is 14.1. The van der Waals surface area contributed by atoms with Gasteiger partial charge >= 0.3 is 12.2 Å². The van der Waals surface area contributed by atoms with Gasteiger partial charge in [-0.05, 0) is 108 Å². The number of fused-ring (bicyclic) bond motifs is 2. The molecule has 0 aliphatic rings. The monoisotopic (exact) mass is 864 g/mol. The number of amides is 2. The number of methoxy groups -OCH3 is 2. The van der Waals surface area contributed by atoms with Crippen molar-refractivity contribution in [3.05, 3.63) is 55.8 Å². The smallest absolute Gasteiger partial charge is 0.415 e. The van der Waals surface area contributed by atoms with Gasteiger partial charge in [0.25, 0.3) is 0 Å². The van der Waals surface area contributed by atoms with Crippen molar-refractivity contribution in [2.45, 2.75) is 52.7 Å². The summed E-state index contributed by atoms with van der Waals surface area (Å²) in [5, 5.41) is 0. The Morgan fingerprint density at radius 1 is 0.822 bits per heavy atom. The molecule has 0 saturated heterocycles. The number of aromatic nitrogens is 4. The average molecular weight is 866 g/mol. The molecular formula is C30H39Br2IN6O6. The summed E-state index contributed by atoms with van der Waals surface area (Å²) in [7, 11) is 3.20. The zero-order valence-electron chi connectivity index (χ0n) is 26.6. The molecule has 0 N–H and O–H groups in total. The van der Waals surface area contributed by atoms with Crippen molar-refractivity contribution in [2.75, 3.05) is 50.3 Å². The van der Waals surface area contributed by atoms with Crippen LogP contribution in [0.3, 0.4) is 0 Å². The molecule has 4 aromatic rings. The number of pyridine rings is 2. The molecule has 0 aromatic carbocycles. The second-order valence-corrected chi connectivity index (χ2v) is 14.7. The van der Waals surface area contributed by atoms with Crippen molar-refractivity contribution in [3.63, 3.8) is 0 Å². The largest absolute Gasteiger partial charge is 0.443 e. The number of halogens is 3. The third kappa shape index (κ3) is 10.5. The molecule has 0 spiro atoms. The molecule has 0 radical (unpaired) electrons. The maximum absolute atomic E-state index is 12.6. The molecule has 4 aromatic heterocycles. The molecular weight excluding hydrogens is 827 g/mol. The van der Waals surface area contributed by atoms with Crippen LogP contribution in [0.1, 0.15) is 41.5 Å². The van der Waals surface area contributed by atoms with Crippen LogP contribution in [-0.4, -0.2) is 82.7 Å². The molecule has 0 bridgehead atoms. The topological polar surface area (TPSA) is 112 Å². The molecule has 45 heavy (non-hydrogen) atoms. The summed E-state index contributed by atoms with van der Waals surface area (Å²) in [5.74, 6) is 0. The highest BCUT2D eigenvalue weighted by Gasteiger charge is 2.27. The Morgan fingerprint density at radius 3 is 1.80 bits per heavy atom. The lowest BCUT2D eigenvalue weighted by Gasteiger charge is -2.27. The van der Waals surface area contributed by atoms with E-state index >= 15 is 0 Å². The Labute approximate surface area is 293 Å². The lowest BCUT2D eigenvalue weighted by Crippen LogP contribution is -2.39. The fraction of sp³-hybridized carbons (Fsp3) is 0.467. The van der Waals surface area contributed by atoms with E-state index in [1.807, 2.05) is 81.1 Å². The van der Waals surface area contributed by atoms with Crippen molar-refractivity contribution in [2.24, 2.45) is 0 Å². The summed E-state index contributed by atoms with van der Waals surface area (Å²) in [5.41, 5.74) is 1.58. The van der Waals surface area contributed by atoms with Crippen LogP contribution < -0.4 is 9.80 Å². The number of anilines is 2. The number of ether oxygens (including phenoxy) is 4. The lowest BCUT2D eigenvalue weighted by molar-refractivity contribution is 0.0559. The molecule has 0 aliphatic heterocycles. The van der Waals surface area contributed by atoms with E-state index in [4.69, 9.17) is 18.9 Å². The van der Waals surface area contributed by atoms with Crippen LogP contribution in [0.2, 0.25) is 0 Å². The van der Waals surface area contributed by atoms with Crippen molar-refractivity contribution in [3.8, 4) is 0 Å². The number of hydrogen-bond donors (Lipinski definition) is 0. The van der Waals surface area contributed by atoms with Crippen LogP contribution in [0.4, 0.5) is 21.0 Å². The molecule has 2 amide bonds. The SMILES string of the molecule is COCCN(C(=O)OC(C)(C)C)c1cc(Br)cn2c(I)cnc12.COCCN(C(=O)OC(C)(C)C)c1cc(Br)cn2ccnc12. The third-order valence-electron chi connectivity index (χ3n) is 5.79. The number of hydrogen-bond acceptors (Lipinski definition) is 8. The van der Waals surface area contributed by atoms with Gasteiger partial charge < -0.3 is 23.3 Å². The van der Waals surface area contributed by atoms with Gasteiger partial charge in [-0.2, -0.15) is 0 Å². The molecule has 0 saturated carbocycles. The fourth-order valence-corrected chi connectivity index (χ4v) is 5.37. The van der Waals surface area contributed by atoms with Gasteiger partial charge in [-0.15, -0.1) is 0 Å². The first-order valence-corrected chi connectivity index (χ1v) is 16.6. The molecule has 0 fully saturated rings. The third-order valence-corrected chi connectivity index (χ3v) is 7.46. The Balaban J connectivity index is 0.000000246. The van der Waals surface area contributed by atoms with Crippen LogP contribution in [0.5, 0.6) is 0 Å². The summed E-state index contributed by atoms with van der Waals surface area (Å²) in [4.78, 5) is 37.0. The zero-order valence-corrected chi connectivity index (χ0v) is 32.0. The van der Waals surface area contributed by atoms with Gasteiger partial charge in [-0.3, -0.25) is 14.2 Å². The van der Waals surface area contributed by atoms with E-state index in [1.165, 1.54) is 0 Å². The molecule has 0 aliphatic carbocycles. The Morgan fingerprint density at radius 2 is 1.31 bits per heavy atom. The average Bonchev–Trinajstić information content (AvgIpc) is 3.54.